The van der Waals surface area contributed by atoms with Gasteiger partial charge in [0.2, 0.25) is 5.91 Å². The van der Waals surface area contributed by atoms with E-state index in [1.807, 2.05) is 0 Å². The van der Waals surface area contributed by atoms with Gasteiger partial charge in [-0.2, -0.15) is 0 Å². The second kappa shape index (κ2) is 6.66. The Morgan fingerprint density at radius 2 is 1.81 bits per heavy atom. The second-order valence-electron chi connectivity index (χ2n) is 7.74. The van der Waals surface area contributed by atoms with Gasteiger partial charge < -0.3 is 10.6 Å². The minimum atomic E-state index is -0.536. The van der Waals surface area contributed by atoms with Gasteiger partial charge in [0, 0.05) is 18.6 Å². The molecule has 4 nitrogen and oxygen atoms in total. The molecule has 0 spiro atoms. The number of primary amides is 1. The molecular weight excluding hydrogens is 262 g/mol. The number of carbonyl (C=O) groups excluding carboxylic acids is 1. The van der Waals surface area contributed by atoms with Gasteiger partial charge in [0.1, 0.15) is 5.54 Å². The number of likely N-dealkylation sites (N-methyl/N-ethyl adjacent to an activating group) is 1. The average Bonchev–Trinajstić information content (AvgIpc) is 3.22. The third-order valence-corrected chi connectivity index (χ3v) is 5.37. The molecule has 1 atom stereocenters. The van der Waals surface area contributed by atoms with Crippen molar-refractivity contribution < 1.29 is 4.79 Å². The SMILES string of the molecule is CC1CCC(N(C)CC(NC(C)C)(C(N)=O)C2CC2)CC1. The maximum absolute atomic E-state index is 12.2. The van der Waals surface area contributed by atoms with Crippen molar-refractivity contribution in [2.75, 3.05) is 13.6 Å². The summed E-state index contributed by atoms with van der Waals surface area (Å²) < 4.78 is 0. The summed E-state index contributed by atoms with van der Waals surface area (Å²) >= 11 is 0. The first-order chi connectivity index (χ1) is 9.85. The number of rotatable bonds is 7. The highest BCUT2D eigenvalue weighted by molar-refractivity contribution is 5.86. The Bertz CT molecular complexity index is 359. The van der Waals surface area contributed by atoms with E-state index in [0.717, 1.165) is 25.3 Å². The van der Waals surface area contributed by atoms with Crippen LogP contribution in [0.1, 0.15) is 59.3 Å². The second-order valence-corrected chi connectivity index (χ2v) is 7.74. The van der Waals surface area contributed by atoms with Crippen molar-refractivity contribution in [3.05, 3.63) is 0 Å². The zero-order valence-electron chi connectivity index (χ0n) is 14.2. The van der Waals surface area contributed by atoms with Gasteiger partial charge in [0.25, 0.3) is 0 Å². The van der Waals surface area contributed by atoms with E-state index in [-0.39, 0.29) is 11.9 Å². The van der Waals surface area contributed by atoms with Gasteiger partial charge in [-0.15, -0.1) is 0 Å². The van der Waals surface area contributed by atoms with Crippen LogP contribution in [0, 0.1) is 11.8 Å². The highest BCUT2D eigenvalue weighted by Gasteiger charge is 2.51. The molecule has 0 radical (unpaired) electrons. The minimum absolute atomic E-state index is 0.172. The molecule has 0 aromatic rings. The first kappa shape index (κ1) is 16.8. The standard InChI is InChI=1S/C17H33N3O/c1-12(2)19-17(16(18)21,14-7-8-14)11-20(4)15-9-5-13(3)6-10-15/h12-15,19H,5-11H2,1-4H3,(H2,18,21). The van der Waals surface area contributed by atoms with E-state index in [2.05, 4.69) is 38.0 Å². The molecule has 21 heavy (non-hydrogen) atoms. The first-order valence-corrected chi connectivity index (χ1v) is 8.63. The van der Waals surface area contributed by atoms with Crippen molar-refractivity contribution >= 4 is 5.91 Å². The largest absolute Gasteiger partial charge is 0.368 e. The highest BCUT2D eigenvalue weighted by atomic mass is 16.1. The number of nitrogens with one attached hydrogen (secondary N) is 1. The summed E-state index contributed by atoms with van der Waals surface area (Å²) in [7, 11) is 2.17. The van der Waals surface area contributed by atoms with Crippen molar-refractivity contribution in [2.24, 2.45) is 17.6 Å². The molecule has 2 rings (SSSR count). The number of amides is 1. The molecule has 2 aliphatic carbocycles. The van der Waals surface area contributed by atoms with Crippen molar-refractivity contribution in [3.63, 3.8) is 0 Å². The Balaban J connectivity index is 2.05. The van der Waals surface area contributed by atoms with Gasteiger partial charge in [-0.25, -0.2) is 0 Å². The summed E-state index contributed by atoms with van der Waals surface area (Å²) in [6, 6.07) is 0.880. The van der Waals surface area contributed by atoms with E-state index >= 15 is 0 Å². The van der Waals surface area contributed by atoms with E-state index in [4.69, 9.17) is 5.73 Å². The monoisotopic (exact) mass is 295 g/mol. The van der Waals surface area contributed by atoms with Crippen molar-refractivity contribution in [2.45, 2.75) is 76.9 Å². The minimum Gasteiger partial charge on any atom is -0.368 e. The Hall–Kier alpha value is -0.610. The van der Waals surface area contributed by atoms with E-state index in [1.54, 1.807) is 0 Å². The van der Waals surface area contributed by atoms with Crippen LogP contribution in [0.15, 0.2) is 0 Å². The number of hydrogen-bond acceptors (Lipinski definition) is 3. The fourth-order valence-corrected chi connectivity index (χ4v) is 3.94. The number of hydrogen-bond donors (Lipinski definition) is 2. The van der Waals surface area contributed by atoms with Gasteiger partial charge in [-0.05, 0) is 71.3 Å². The fourth-order valence-electron chi connectivity index (χ4n) is 3.94. The summed E-state index contributed by atoms with van der Waals surface area (Å²) in [5.74, 6) is 1.10. The molecule has 1 unspecified atom stereocenters. The normalized spacial score (nSPS) is 29.6. The van der Waals surface area contributed by atoms with Crippen molar-refractivity contribution in [1.29, 1.82) is 0 Å². The first-order valence-electron chi connectivity index (χ1n) is 8.63. The van der Waals surface area contributed by atoms with Crippen molar-refractivity contribution in [3.8, 4) is 0 Å². The Kier molecular flexibility index (Phi) is 5.31. The van der Waals surface area contributed by atoms with Gasteiger partial charge in [0.15, 0.2) is 0 Å². The third kappa shape index (κ3) is 3.98. The molecule has 1 amide bonds. The molecule has 2 saturated carbocycles. The third-order valence-electron chi connectivity index (χ3n) is 5.37. The highest BCUT2D eigenvalue weighted by Crippen LogP contribution is 2.41. The predicted octanol–water partition coefficient (Wildman–Crippen LogP) is 2.13. The number of nitrogens with zero attached hydrogens (tertiary/aromatic N) is 1. The molecule has 0 bridgehead atoms. The van der Waals surface area contributed by atoms with Crippen LogP contribution in [0.5, 0.6) is 0 Å². The average molecular weight is 295 g/mol. The summed E-state index contributed by atoms with van der Waals surface area (Å²) in [4.78, 5) is 14.6. The van der Waals surface area contributed by atoms with Crippen LogP contribution in [-0.4, -0.2) is 42.0 Å². The molecule has 0 saturated heterocycles. The number of nitrogens with two attached hydrogens (primary N) is 1. The summed E-state index contributed by atoms with van der Waals surface area (Å²) in [5, 5.41) is 3.52. The molecule has 0 aliphatic heterocycles. The number of carbonyl (C=O) groups is 1. The van der Waals surface area contributed by atoms with Crippen LogP contribution < -0.4 is 11.1 Å². The van der Waals surface area contributed by atoms with Gasteiger partial charge in [-0.3, -0.25) is 10.1 Å². The Morgan fingerprint density at radius 3 is 2.24 bits per heavy atom. The lowest BCUT2D eigenvalue weighted by atomic mass is 9.85. The van der Waals surface area contributed by atoms with Crippen molar-refractivity contribution in [1.82, 2.24) is 10.2 Å². The Labute approximate surface area is 129 Å². The molecule has 2 aliphatic rings. The predicted molar refractivity (Wildman–Crippen MR) is 87.0 cm³/mol. The van der Waals surface area contributed by atoms with Crippen LogP contribution in [0.2, 0.25) is 0 Å². The van der Waals surface area contributed by atoms with Crippen LogP contribution in [0.25, 0.3) is 0 Å². The molecule has 122 valence electrons. The lowest BCUT2D eigenvalue weighted by Crippen LogP contribution is -2.65. The molecular formula is C17H33N3O. The van der Waals surface area contributed by atoms with Crippen LogP contribution in [-0.2, 0) is 4.79 Å². The molecule has 4 heteroatoms. The smallest absolute Gasteiger partial charge is 0.239 e. The van der Waals surface area contributed by atoms with Crippen LogP contribution in [0.4, 0.5) is 0 Å². The maximum atomic E-state index is 12.2. The molecule has 0 aromatic heterocycles. The zero-order chi connectivity index (χ0) is 15.6. The molecule has 3 N–H and O–H groups in total. The summed E-state index contributed by atoms with van der Waals surface area (Å²) in [5.41, 5.74) is 5.30. The molecule has 0 heterocycles. The maximum Gasteiger partial charge on any atom is 0.239 e. The van der Waals surface area contributed by atoms with E-state index in [0.29, 0.717) is 12.0 Å². The van der Waals surface area contributed by atoms with E-state index < -0.39 is 5.54 Å². The zero-order valence-corrected chi connectivity index (χ0v) is 14.2. The summed E-state index contributed by atoms with van der Waals surface area (Å²) in [6.07, 6.45) is 7.35. The Morgan fingerprint density at radius 1 is 1.24 bits per heavy atom. The lowest BCUT2D eigenvalue weighted by Gasteiger charge is -2.41. The van der Waals surface area contributed by atoms with Crippen LogP contribution >= 0.6 is 0 Å². The summed E-state index contributed by atoms with van der Waals surface area (Å²) in [6.45, 7) is 7.30. The van der Waals surface area contributed by atoms with Gasteiger partial charge in [0.05, 0.1) is 0 Å². The topological polar surface area (TPSA) is 58.4 Å². The van der Waals surface area contributed by atoms with E-state index in [1.165, 1.54) is 25.7 Å². The fraction of sp³-hybridized carbons (Fsp3) is 0.941. The van der Waals surface area contributed by atoms with Gasteiger partial charge in [-0.1, -0.05) is 6.92 Å². The van der Waals surface area contributed by atoms with Crippen LogP contribution in [0.3, 0.4) is 0 Å². The van der Waals surface area contributed by atoms with Gasteiger partial charge >= 0.3 is 0 Å². The molecule has 2 fully saturated rings. The van der Waals surface area contributed by atoms with E-state index in [9.17, 15) is 4.79 Å². The quantitative estimate of drug-likeness (QED) is 0.756. The molecule has 0 aromatic carbocycles. The lowest BCUT2D eigenvalue weighted by molar-refractivity contribution is -0.126.